The maximum Gasteiger partial charge on any atom is 0.119 e. The molecule has 1 aromatic heterocycles. The number of benzene rings is 2. The highest BCUT2D eigenvalue weighted by atomic mass is 16.5. The fourth-order valence-corrected chi connectivity index (χ4v) is 2.77. The number of ether oxygens (including phenoxy) is 1. The van der Waals surface area contributed by atoms with Crippen molar-refractivity contribution in [2.24, 2.45) is 0 Å². The first kappa shape index (κ1) is 16.2. The maximum atomic E-state index is 5.49. The van der Waals surface area contributed by atoms with Crippen LogP contribution in [0.1, 0.15) is 36.6 Å². The summed E-state index contributed by atoms with van der Waals surface area (Å²) in [7, 11) is 0. The molecule has 3 rings (SSSR count). The molecule has 0 aliphatic heterocycles. The first-order valence-corrected chi connectivity index (χ1v) is 8.40. The fourth-order valence-electron chi connectivity index (χ4n) is 2.77. The molecule has 0 amide bonds. The van der Waals surface area contributed by atoms with Crippen molar-refractivity contribution < 1.29 is 4.74 Å². The van der Waals surface area contributed by atoms with E-state index >= 15 is 0 Å². The van der Waals surface area contributed by atoms with Gasteiger partial charge >= 0.3 is 0 Å². The second-order valence-electron chi connectivity index (χ2n) is 6.00. The topological polar surface area (TPSA) is 39.9 Å². The van der Waals surface area contributed by atoms with Crippen LogP contribution in [0.4, 0.5) is 0 Å². The summed E-state index contributed by atoms with van der Waals surface area (Å²) in [6.45, 7) is 5.66. The summed E-state index contributed by atoms with van der Waals surface area (Å²) in [4.78, 5) is 0. The molecule has 1 heterocycles. The third-order valence-electron chi connectivity index (χ3n) is 4.05. The van der Waals surface area contributed by atoms with Gasteiger partial charge in [-0.1, -0.05) is 54.6 Å². The summed E-state index contributed by atoms with van der Waals surface area (Å²) in [5.74, 6) is 1.31. The van der Waals surface area contributed by atoms with Crippen LogP contribution < -0.4 is 4.74 Å². The van der Waals surface area contributed by atoms with E-state index in [4.69, 9.17) is 4.74 Å². The molecule has 0 saturated heterocycles. The molecule has 0 spiro atoms. The van der Waals surface area contributed by atoms with E-state index in [1.54, 1.807) is 0 Å². The van der Waals surface area contributed by atoms with Gasteiger partial charge in [-0.15, -0.1) is 5.10 Å². The van der Waals surface area contributed by atoms with Crippen molar-refractivity contribution in [3.8, 4) is 5.75 Å². The Kier molecular flexibility index (Phi) is 5.26. The summed E-state index contributed by atoms with van der Waals surface area (Å²) in [5, 5.41) is 8.56. The van der Waals surface area contributed by atoms with Crippen LogP contribution >= 0.6 is 0 Å². The van der Waals surface area contributed by atoms with E-state index in [9.17, 15) is 0 Å². The van der Waals surface area contributed by atoms with Crippen molar-refractivity contribution in [2.45, 2.75) is 32.7 Å². The van der Waals surface area contributed by atoms with E-state index in [-0.39, 0.29) is 0 Å². The molecule has 0 aliphatic carbocycles. The van der Waals surface area contributed by atoms with Crippen molar-refractivity contribution in [2.75, 3.05) is 6.61 Å². The molecule has 4 nitrogen and oxygen atoms in total. The lowest BCUT2D eigenvalue weighted by atomic mass is 9.96. The van der Waals surface area contributed by atoms with E-state index < -0.39 is 0 Å². The summed E-state index contributed by atoms with van der Waals surface area (Å²) >= 11 is 0. The number of hydrogen-bond acceptors (Lipinski definition) is 3. The van der Waals surface area contributed by atoms with E-state index in [1.165, 1.54) is 11.1 Å². The van der Waals surface area contributed by atoms with Crippen LogP contribution in [0.5, 0.6) is 5.75 Å². The third kappa shape index (κ3) is 4.22. The molecule has 24 heavy (non-hydrogen) atoms. The highest BCUT2D eigenvalue weighted by Gasteiger charge is 2.10. The van der Waals surface area contributed by atoms with Crippen LogP contribution in [0.15, 0.2) is 60.8 Å². The van der Waals surface area contributed by atoms with E-state index in [0.29, 0.717) is 12.5 Å². The Hall–Kier alpha value is -2.62. The third-order valence-corrected chi connectivity index (χ3v) is 4.05. The number of nitrogens with zero attached hydrogens (tertiary/aromatic N) is 3. The van der Waals surface area contributed by atoms with E-state index in [0.717, 1.165) is 24.4 Å². The van der Waals surface area contributed by atoms with Gasteiger partial charge in [-0.3, -0.25) is 0 Å². The van der Waals surface area contributed by atoms with E-state index in [2.05, 4.69) is 41.5 Å². The van der Waals surface area contributed by atoms with Gasteiger partial charge in [-0.25, -0.2) is 4.68 Å². The van der Waals surface area contributed by atoms with Gasteiger partial charge in [0.25, 0.3) is 0 Å². The fraction of sp³-hybridized carbons (Fsp3) is 0.300. The molecule has 3 aromatic rings. The van der Waals surface area contributed by atoms with Gasteiger partial charge in [0.05, 0.1) is 18.8 Å². The Balaban J connectivity index is 1.61. The van der Waals surface area contributed by atoms with Gasteiger partial charge in [-0.05, 0) is 42.5 Å². The first-order valence-electron chi connectivity index (χ1n) is 8.40. The van der Waals surface area contributed by atoms with Crippen LogP contribution in [-0.4, -0.2) is 21.6 Å². The second kappa shape index (κ2) is 7.77. The zero-order valence-electron chi connectivity index (χ0n) is 14.2. The Morgan fingerprint density at radius 1 is 1.04 bits per heavy atom. The van der Waals surface area contributed by atoms with Gasteiger partial charge in [0, 0.05) is 6.20 Å². The molecule has 0 fully saturated rings. The lowest BCUT2D eigenvalue weighted by Crippen LogP contribution is -2.00. The SMILES string of the molecule is CCOc1ccc(C(C)Cc2cn(Cc3ccccc3)nn2)cc1. The summed E-state index contributed by atoms with van der Waals surface area (Å²) in [5.41, 5.74) is 3.54. The quantitative estimate of drug-likeness (QED) is 0.658. The molecule has 1 atom stereocenters. The molecule has 124 valence electrons. The minimum absolute atomic E-state index is 0.391. The maximum absolute atomic E-state index is 5.49. The zero-order valence-corrected chi connectivity index (χ0v) is 14.2. The summed E-state index contributed by atoms with van der Waals surface area (Å²) in [6, 6.07) is 18.6. The molecule has 2 aromatic carbocycles. The number of rotatable bonds is 7. The van der Waals surface area contributed by atoms with Crippen molar-refractivity contribution >= 4 is 0 Å². The highest BCUT2D eigenvalue weighted by molar-refractivity contribution is 5.29. The lowest BCUT2D eigenvalue weighted by Gasteiger charge is -2.11. The predicted octanol–water partition coefficient (Wildman–Crippen LogP) is 4.07. The second-order valence-corrected chi connectivity index (χ2v) is 6.00. The van der Waals surface area contributed by atoms with Crippen LogP contribution in [0.25, 0.3) is 0 Å². The Bertz CT molecular complexity index is 750. The molecular formula is C20H23N3O. The van der Waals surface area contributed by atoms with Gasteiger partial charge in [0.2, 0.25) is 0 Å². The molecule has 0 aliphatic rings. The standard InChI is InChI=1S/C20H23N3O/c1-3-24-20-11-9-18(10-12-20)16(2)13-19-15-23(22-21-19)14-17-7-5-4-6-8-17/h4-12,15-16H,3,13-14H2,1-2H3. The van der Waals surface area contributed by atoms with E-state index in [1.807, 2.05) is 48.1 Å². The average molecular weight is 321 g/mol. The summed E-state index contributed by atoms with van der Waals surface area (Å²) < 4.78 is 7.39. The van der Waals surface area contributed by atoms with Crippen molar-refractivity contribution in [1.29, 1.82) is 0 Å². The monoisotopic (exact) mass is 321 g/mol. The minimum Gasteiger partial charge on any atom is -0.494 e. The van der Waals surface area contributed by atoms with Crippen molar-refractivity contribution in [3.05, 3.63) is 77.6 Å². The largest absolute Gasteiger partial charge is 0.494 e. The van der Waals surface area contributed by atoms with Gasteiger partial charge < -0.3 is 4.74 Å². The van der Waals surface area contributed by atoms with Crippen molar-refractivity contribution in [1.82, 2.24) is 15.0 Å². The molecule has 0 radical (unpaired) electrons. The van der Waals surface area contributed by atoms with Crippen LogP contribution in [0.3, 0.4) is 0 Å². The van der Waals surface area contributed by atoms with Crippen LogP contribution in [0.2, 0.25) is 0 Å². The zero-order chi connectivity index (χ0) is 16.8. The molecular weight excluding hydrogens is 298 g/mol. The molecule has 1 unspecified atom stereocenters. The Morgan fingerprint density at radius 2 is 1.79 bits per heavy atom. The minimum atomic E-state index is 0.391. The van der Waals surface area contributed by atoms with Gasteiger partial charge in [-0.2, -0.15) is 0 Å². The number of hydrogen-bond donors (Lipinski definition) is 0. The highest BCUT2D eigenvalue weighted by Crippen LogP contribution is 2.22. The normalized spacial score (nSPS) is 12.1. The number of aromatic nitrogens is 3. The van der Waals surface area contributed by atoms with Gasteiger partial charge in [0.15, 0.2) is 0 Å². The Labute approximate surface area is 143 Å². The Morgan fingerprint density at radius 3 is 2.50 bits per heavy atom. The predicted molar refractivity (Wildman–Crippen MR) is 95.3 cm³/mol. The molecule has 0 bridgehead atoms. The van der Waals surface area contributed by atoms with Crippen molar-refractivity contribution in [3.63, 3.8) is 0 Å². The van der Waals surface area contributed by atoms with Crippen LogP contribution in [-0.2, 0) is 13.0 Å². The lowest BCUT2D eigenvalue weighted by molar-refractivity contribution is 0.340. The summed E-state index contributed by atoms with van der Waals surface area (Å²) in [6.07, 6.45) is 2.92. The van der Waals surface area contributed by atoms with Crippen LogP contribution in [0, 0.1) is 0 Å². The molecule has 0 N–H and O–H groups in total. The first-order chi connectivity index (χ1) is 11.7. The smallest absolute Gasteiger partial charge is 0.119 e. The molecule has 4 heteroatoms. The average Bonchev–Trinajstić information content (AvgIpc) is 3.03. The molecule has 0 saturated carbocycles. The van der Waals surface area contributed by atoms with Gasteiger partial charge in [0.1, 0.15) is 5.75 Å².